The van der Waals surface area contributed by atoms with E-state index >= 15 is 0 Å². The fraction of sp³-hybridized carbons (Fsp3) is 0.200. The molecule has 0 saturated carbocycles. The van der Waals surface area contributed by atoms with E-state index in [9.17, 15) is 23.2 Å². The minimum absolute atomic E-state index is 0.160. The molecule has 0 radical (unpaired) electrons. The molecule has 2 aromatic carbocycles. The van der Waals surface area contributed by atoms with Crippen molar-refractivity contribution in [3.8, 4) is 0 Å². The van der Waals surface area contributed by atoms with Gasteiger partial charge in [-0.25, -0.2) is 8.78 Å². The van der Waals surface area contributed by atoms with Crippen LogP contribution in [-0.2, 0) is 9.59 Å². The molecule has 3 aromatic rings. The van der Waals surface area contributed by atoms with E-state index in [1.54, 1.807) is 26.0 Å². The summed E-state index contributed by atoms with van der Waals surface area (Å²) < 4.78 is 27.0. The molecule has 0 bridgehead atoms. The third kappa shape index (κ3) is 5.29. The van der Waals surface area contributed by atoms with Gasteiger partial charge >= 0.3 is 0 Å². The first-order chi connectivity index (χ1) is 15.3. The Hall–Kier alpha value is -3.74. The maximum Gasteiger partial charge on any atom is 0.236 e. The summed E-state index contributed by atoms with van der Waals surface area (Å²) in [6.45, 7) is 3.27. The van der Waals surface area contributed by atoms with Gasteiger partial charge in [0, 0.05) is 29.6 Å². The quantitative estimate of drug-likeness (QED) is 0.406. The Balaban J connectivity index is 2.08. The fourth-order valence-electron chi connectivity index (χ4n) is 3.45. The van der Waals surface area contributed by atoms with Gasteiger partial charge in [-0.05, 0) is 60.2 Å². The molecule has 1 aromatic heterocycles. The molecular formula is C25H22F2N2O3. The van der Waals surface area contributed by atoms with Crippen LogP contribution < -0.4 is 5.32 Å². The lowest BCUT2D eigenvalue weighted by molar-refractivity contribution is -0.133. The van der Waals surface area contributed by atoms with Crippen LogP contribution in [0.2, 0.25) is 0 Å². The van der Waals surface area contributed by atoms with Crippen molar-refractivity contribution in [1.82, 2.24) is 4.98 Å². The second kappa shape index (κ2) is 10.0. The molecule has 0 aliphatic carbocycles. The number of halogens is 2. The number of carbonyl (C=O) groups is 3. The normalized spacial score (nSPS) is 12.8. The van der Waals surface area contributed by atoms with E-state index in [-0.39, 0.29) is 11.3 Å². The highest BCUT2D eigenvalue weighted by atomic mass is 19.1. The largest absolute Gasteiger partial charge is 0.325 e. The zero-order valence-corrected chi connectivity index (χ0v) is 17.6. The van der Waals surface area contributed by atoms with Crippen LogP contribution in [0.5, 0.6) is 0 Å². The lowest BCUT2D eigenvalue weighted by Crippen LogP contribution is -2.40. The van der Waals surface area contributed by atoms with Crippen LogP contribution in [0.1, 0.15) is 35.7 Å². The summed E-state index contributed by atoms with van der Waals surface area (Å²) >= 11 is 0. The van der Waals surface area contributed by atoms with Crippen LogP contribution in [0.4, 0.5) is 14.5 Å². The minimum atomic E-state index is -1.39. The van der Waals surface area contributed by atoms with Crippen molar-refractivity contribution in [2.75, 3.05) is 5.32 Å². The van der Waals surface area contributed by atoms with E-state index in [4.69, 9.17) is 0 Å². The molecule has 2 atom stereocenters. The molecule has 0 spiro atoms. The van der Waals surface area contributed by atoms with Crippen molar-refractivity contribution in [3.05, 3.63) is 95.8 Å². The number of anilines is 1. The third-order valence-electron chi connectivity index (χ3n) is 5.06. The first-order valence-electron chi connectivity index (χ1n) is 10.1. The predicted molar refractivity (Wildman–Crippen MR) is 116 cm³/mol. The first-order valence-corrected chi connectivity index (χ1v) is 10.1. The number of ketones is 2. The molecule has 0 saturated heterocycles. The third-order valence-corrected chi connectivity index (χ3v) is 5.06. The molecule has 1 N–H and O–H groups in total. The molecule has 2 unspecified atom stereocenters. The predicted octanol–water partition coefficient (Wildman–Crippen LogP) is 4.81. The van der Waals surface area contributed by atoms with E-state index in [2.05, 4.69) is 10.3 Å². The van der Waals surface area contributed by atoms with Gasteiger partial charge < -0.3 is 5.32 Å². The van der Waals surface area contributed by atoms with E-state index < -0.39 is 46.9 Å². The summed E-state index contributed by atoms with van der Waals surface area (Å²) in [7, 11) is 0. The zero-order chi connectivity index (χ0) is 23.3. The summed E-state index contributed by atoms with van der Waals surface area (Å²) in [4.78, 5) is 43.9. The summed E-state index contributed by atoms with van der Waals surface area (Å²) in [6, 6.07) is 13.3. The van der Waals surface area contributed by atoms with Crippen molar-refractivity contribution >= 4 is 23.2 Å². The Labute approximate surface area is 184 Å². The SMILES string of the molecule is CC(C)C(=O)C(C(=O)Nc1cccc(F)c1)C(C(=O)c1ccc(F)cc1)c1ccncc1. The summed E-state index contributed by atoms with van der Waals surface area (Å²) in [5.41, 5.74) is 0.746. The van der Waals surface area contributed by atoms with Gasteiger partial charge in [-0.15, -0.1) is 0 Å². The fourth-order valence-corrected chi connectivity index (χ4v) is 3.45. The molecule has 164 valence electrons. The van der Waals surface area contributed by atoms with E-state index in [0.717, 1.165) is 18.2 Å². The highest BCUT2D eigenvalue weighted by Gasteiger charge is 2.41. The highest BCUT2D eigenvalue weighted by Crippen LogP contribution is 2.32. The summed E-state index contributed by atoms with van der Waals surface area (Å²) in [5, 5.41) is 2.56. The lowest BCUT2D eigenvalue weighted by Gasteiger charge is -2.26. The van der Waals surface area contributed by atoms with Crippen LogP contribution in [0, 0.1) is 23.5 Å². The molecular weight excluding hydrogens is 414 g/mol. The van der Waals surface area contributed by atoms with Gasteiger partial charge in [-0.2, -0.15) is 0 Å². The van der Waals surface area contributed by atoms with Crippen LogP contribution in [0.25, 0.3) is 0 Å². The number of benzene rings is 2. The van der Waals surface area contributed by atoms with Gasteiger partial charge in [0.25, 0.3) is 0 Å². The number of Topliss-reactive ketones (excluding diaryl/α,β-unsaturated/α-hetero) is 2. The molecule has 0 aliphatic heterocycles. The molecule has 1 amide bonds. The van der Waals surface area contributed by atoms with Gasteiger partial charge in [0.05, 0.1) is 5.92 Å². The van der Waals surface area contributed by atoms with Gasteiger partial charge in [-0.3, -0.25) is 19.4 Å². The first kappa shape index (κ1) is 22.9. The summed E-state index contributed by atoms with van der Waals surface area (Å²) in [6.07, 6.45) is 2.92. The average molecular weight is 436 g/mol. The molecule has 32 heavy (non-hydrogen) atoms. The number of nitrogens with one attached hydrogen (secondary N) is 1. The van der Waals surface area contributed by atoms with Crippen molar-refractivity contribution < 1.29 is 23.2 Å². The number of aromatic nitrogens is 1. The number of nitrogens with zero attached hydrogens (tertiary/aromatic N) is 1. The van der Waals surface area contributed by atoms with Crippen molar-refractivity contribution in [2.45, 2.75) is 19.8 Å². The highest BCUT2D eigenvalue weighted by molar-refractivity contribution is 6.14. The maximum absolute atomic E-state index is 13.6. The van der Waals surface area contributed by atoms with Gasteiger partial charge in [0.1, 0.15) is 23.3 Å². The number of rotatable bonds is 8. The number of hydrogen-bond acceptors (Lipinski definition) is 4. The minimum Gasteiger partial charge on any atom is -0.325 e. The van der Waals surface area contributed by atoms with Crippen LogP contribution >= 0.6 is 0 Å². The van der Waals surface area contributed by atoms with Crippen LogP contribution in [0.15, 0.2) is 73.1 Å². The Morgan fingerprint density at radius 1 is 0.875 bits per heavy atom. The molecule has 0 fully saturated rings. The van der Waals surface area contributed by atoms with Crippen molar-refractivity contribution in [3.63, 3.8) is 0 Å². The van der Waals surface area contributed by atoms with Gasteiger partial charge in [0.2, 0.25) is 5.91 Å². The maximum atomic E-state index is 13.6. The van der Waals surface area contributed by atoms with Gasteiger partial charge in [-0.1, -0.05) is 19.9 Å². The monoisotopic (exact) mass is 436 g/mol. The van der Waals surface area contributed by atoms with E-state index in [1.807, 2.05) is 0 Å². The molecule has 3 rings (SSSR count). The number of carbonyl (C=O) groups excluding carboxylic acids is 3. The van der Waals surface area contributed by atoms with Gasteiger partial charge in [0.15, 0.2) is 5.78 Å². The number of amides is 1. The number of hydrogen-bond donors (Lipinski definition) is 1. The Bertz CT molecular complexity index is 1120. The van der Waals surface area contributed by atoms with E-state index in [1.165, 1.54) is 42.7 Å². The second-order valence-electron chi connectivity index (χ2n) is 7.66. The Morgan fingerprint density at radius 3 is 2.12 bits per heavy atom. The standard InChI is InChI=1S/C25H22F2N2O3/c1-15(2)23(30)22(25(32)29-20-5-3-4-19(27)14-20)21(16-10-12-28-13-11-16)24(31)17-6-8-18(26)9-7-17/h3-15,21-22H,1-2H3,(H,29,32). The molecule has 5 nitrogen and oxygen atoms in total. The lowest BCUT2D eigenvalue weighted by atomic mass is 9.76. The smallest absolute Gasteiger partial charge is 0.236 e. The van der Waals surface area contributed by atoms with Crippen molar-refractivity contribution in [1.29, 1.82) is 0 Å². The number of pyridine rings is 1. The van der Waals surface area contributed by atoms with E-state index in [0.29, 0.717) is 5.56 Å². The zero-order valence-electron chi connectivity index (χ0n) is 17.6. The van der Waals surface area contributed by atoms with Crippen LogP contribution in [-0.4, -0.2) is 22.5 Å². The van der Waals surface area contributed by atoms with Crippen LogP contribution in [0.3, 0.4) is 0 Å². The Kier molecular flexibility index (Phi) is 7.20. The average Bonchev–Trinajstić information content (AvgIpc) is 2.77. The molecule has 7 heteroatoms. The Morgan fingerprint density at radius 2 is 1.53 bits per heavy atom. The molecule has 0 aliphatic rings. The van der Waals surface area contributed by atoms with Crippen molar-refractivity contribution in [2.24, 2.45) is 11.8 Å². The topological polar surface area (TPSA) is 76.1 Å². The molecule has 1 heterocycles. The second-order valence-corrected chi connectivity index (χ2v) is 7.66. The summed E-state index contributed by atoms with van der Waals surface area (Å²) in [5.74, 6) is -5.87.